The number of ether oxygens (including phenoxy) is 2. The van der Waals surface area contributed by atoms with Gasteiger partial charge in [-0.2, -0.15) is 0 Å². The van der Waals surface area contributed by atoms with E-state index >= 15 is 0 Å². The zero-order valence-electron chi connectivity index (χ0n) is 23.7. The number of rotatable bonds is 4. The van der Waals surface area contributed by atoms with Crippen LogP contribution in [0.2, 0.25) is 0 Å². The summed E-state index contributed by atoms with van der Waals surface area (Å²) in [5.74, 6) is -1.52. The first kappa shape index (κ1) is 29.6. The molecule has 2 amide bonds. The number of amides is 2. The fraction of sp³-hybridized carbons (Fsp3) is 0.692. The van der Waals surface area contributed by atoms with E-state index in [0.29, 0.717) is 38.8 Å². The lowest BCUT2D eigenvalue weighted by molar-refractivity contribution is -0.159. The molecule has 0 bridgehead atoms. The van der Waals surface area contributed by atoms with Crippen molar-refractivity contribution in [2.24, 2.45) is 0 Å². The van der Waals surface area contributed by atoms with E-state index in [2.05, 4.69) is 40.5 Å². The molecule has 16 heteroatoms. The van der Waals surface area contributed by atoms with Crippen molar-refractivity contribution in [3.05, 3.63) is 23.6 Å². The molecule has 4 aliphatic heterocycles. The Hall–Kier alpha value is -3.92. The van der Waals surface area contributed by atoms with Crippen LogP contribution in [0.5, 0.6) is 0 Å². The van der Waals surface area contributed by atoms with E-state index in [1.165, 1.54) is 22.6 Å². The predicted molar refractivity (Wildman–Crippen MR) is 140 cm³/mol. The molecule has 2 aromatic heterocycles. The lowest BCUT2D eigenvalue weighted by atomic mass is 10.2. The van der Waals surface area contributed by atoms with E-state index < -0.39 is 35.8 Å². The van der Waals surface area contributed by atoms with Crippen LogP contribution in [-0.2, 0) is 28.7 Å². The number of esters is 2. The highest BCUT2D eigenvalue weighted by molar-refractivity contribution is 6.32. The molecule has 16 nitrogen and oxygen atoms in total. The molecule has 42 heavy (non-hydrogen) atoms. The molecule has 0 saturated carbocycles. The molecular formula is C26H36N8O8. The highest BCUT2D eigenvalue weighted by Gasteiger charge is 2.40. The van der Waals surface area contributed by atoms with Crippen molar-refractivity contribution in [3.8, 4) is 0 Å². The van der Waals surface area contributed by atoms with Crippen LogP contribution >= 0.6 is 0 Å². The lowest BCUT2D eigenvalue weighted by Crippen LogP contribution is -2.37. The summed E-state index contributed by atoms with van der Waals surface area (Å²) in [6.07, 6.45) is 7.12. The van der Waals surface area contributed by atoms with Crippen LogP contribution in [0.3, 0.4) is 0 Å². The monoisotopic (exact) mass is 588 g/mol. The molecule has 4 fully saturated rings. The quantitative estimate of drug-likeness (QED) is 0.373. The Morgan fingerprint density at radius 2 is 1.05 bits per heavy atom. The summed E-state index contributed by atoms with van der Waals surface area (Å²) >= 11 is 0. The largest absolute Gasteiger partial charge is 0.462 e. The molecule has 2 aromatic rings. The molecule has 0 radical (unpaired) electrons. The Morgan fingerprint density at radius 1 is 0.643 bits per heavy atom. The molecule has 0 aromatic carbocycles. The molecule has 4 aliphatic rings. The van der Waals surface area contributed by atoms with Gasteiger partial charge in [-0.15, -0.1) is 20.4 Å². The van der Waals surface area contributed by atoms with Crippen LogP contribution < -0.4 is 10.6 Å². The fourth-order valence-corrected chi connectivity index (χ4v) is 5.78. The highest BCUT2D eigenvalue weighted by Crippen LogP contribution is 2.35. The summed E-state index contributed by atoms with van der Waals surface area (Å²) < 4.78 is 20.4. The van der Waals surface area contributed by atoms with Crippen LogP contribution in [0.4, 0.5) is 0 Å². The Bertz CT molecular complexity index is 1180. The first-order valence-corrected chi connectivity index (χ1v) is 14.3. The van der Waals surface area contributed by atoms with Gasteiger partial charge in [-0.05, 0) is 64.5 Å². The zero-order valence-corrected chi connectivity index (χ0v) is 23.7. The van der Waals surface area contributed by atoms with Crippen molar-refractivity contribution >= 4 is 23.8 Å². The van der Waals surface area contributed by atoms with Gasteiger partial charge >= 0.3 is 23.8 Å². The average molecular weight is 589 g/mol. The van der Waals surface area contributed by atoms with Crippen molar-refractivity contribution in [2.75, 3.05) is 40.4 Å². The Morgan fingerprint density at radius 3 is 1.43 bits per heavy atom. The highest BCUT2D eigenvalue weighted by atomic mass is 16.5. The minimum atomic E-state index is -0.952. The SMILES string of the molecule is C1CNC(c2nnc([C@@H]3CCCN3)o2)C1.COC(=O)C(=O)N1CCCC1c1nnc([C@@H]2CCCN2C(=O)C(=O)OC)o1. The first-order valence-electron chi connectivity index (χ1n) is 14.3. The molecule has 4 saturated heterocycles. The average Bonchev–Trinajstić information content (AvgIpc) is 3.86. The van der Waals surface area contributed by atoms with Crippen LogP contribution in [-0.4, -0.2) is 94.3 Å². The summed E-state index contributed by atoms with van der Waals surface area (Å²) in [6.45, 7) is 2.88. The second-order valence-corrected chi connectivity index (χ2v) is 10.6. The number of nitrogens with one attached hydrogen (secondary N) is 2. The fourth-order valence-electron chi connectivity index (χ4n) is 5.78. The molecule has 2 N–H and O–H groups in total. The number of aromatic nitrogens is 4. The maximum absolute atomic E-state index is 12.1. The Balaban J connectivity index is 0.000000196. The minimum Gasteiger partial charge on any atom is -0.462 e. The summed E-state index contributed by atoms with van der Waals surface area (Å²) in [5.41, 5.74) is 0. The second-order valence-electron chi connectivity index (χ2n) is 10.6. The number of carbonyl (C=O) groups excluding carboxylic acids is 4. The van der Waals surface area contributed by atoms with Gasteiger partial charge in [0.25, 0.3) is 0 Å². The van der Waals surface area contributed by atoms with Crippen LogP contribution in [0, 0.1) is 0 Å². The Kier molecular flexibility index (Phi) is 9.41. The van der Waals surface area contributed by atoms with Crippen molar-refractivity contribution in [3.63, 3.8) is 0 Å². The van der Waals surface area contributed by atoms with Gasteiger partial charge in [-0.1, -0.05) is 0 Å². The van der Waals surface area contributed by atoms with E-state index in [0.717, 1.165) is 51.9 Å². The second kappa shape index (κ2) is 13.4. The van der Waals surface area contributed by atoms with Crippen molar-refractivity contribution in [1.82, 2.24) is 40.8 Å². The standard InChI is InChI=1S/C16H20N4O7.C10H16N4O/c1-25-15(23)13(21)19-7-3-5-9(19)11-17-18-12(27-11)10-6-4-8-20(10)14(22)16(24)26-2;1-3-7(11-5-1)9-13-14-10(15-9)8-4-2-6-12-8/h9-10H,3-8H2,1-2H3;7-8,11-12H,1-6H2/t9-,10?;7-,8?/m00/s1. The number of nitrogens with zero attached hydrogens (tertiary/aromatic N) is 6. The first-order chi connectivity index (χ1) is 20.4. The third-order valence-corrected chi connectivity index (χ3v) is 7.95. The molecule has 0 spiro atoms. The van der Waals surface area contributed by atoms with E-state index in [-0.39, 0.29) is 23.9 Å². The number of likely N-dealkylation sites (tertiary alicyclic amines) is 2. The number of methoxy groups -OCH3 is 2. The smallest absolute Gasteiger partial charge is 0.396 e. The van der Waals surface area contributed by atoms with Crippen LogP contribution in [0.1, 0.15) is 99.1 Å². The van der Waals surface area contributed by atoms with Gasteiger partial charge in [0.15, 0.2) is 0 Å². The van der Waals surface area contributed by atoms with Gasteiger partial charge in [0.1, 0.15) is 12.1 Å². The summed E-state index contributed by atoms with van der Waals surface area (Å²) in [7, 11) is 2.28. The molecule has 2 unspecified atom stereocenters. The maximum Gasteiger partial charge on any atom is 0.396 e. The summed E-state index contributed by atoms with van der Waals surface area (Å²) in [6, 6.07) is -0.478. The third-order valence-electron chi connectivity index (χ3n) is 7.95. The van der Waals surface area contributed by atoms with Crippen molar-refractivity contribution in [1.29, 1.82) is 0 Å². The van der Waals surface area contributed by atoms with Gasteiger partial charge in [0.2, 0.25) is 23.6 Å². The topological polar surface area (TPSA) is 195 Å². The third kappa shape index (κ3) is 6.28. The van der Waals surface area contributed by atoms with Crippen molar-refractivity contribution < 1.29 is 37.5 Å². The molecule has 228 valence electrons. The zero-order chi connectivity index (χ0) is 29.6. The summed E-state index contributed by atoms with van der Waals surface area (Å²) in [4.78, 5) is 50.0. The number of hydrogen-bond donors (Lipinski definition) is 2. The van der Waals surface area contributed by atoms with Gasteiger partial charge in [0, 0.05) is 13.1 Å². The van der Waals surface area contributed by atoms with Gasteiger partial charge in [0.05, 0.1) is 26.3 Å². The van der Waals surface area contributed by atoms with Gasteiger partial charge < -0.3 is 38.7 Å². The molecule has 4 atom stereocenters. The van der Waals surface area contributed by atoms with Gasteiger partial charge in [-0.3, -0.25) is 9.59 Å². The van der Waals surface area contributed by atoms with E-state index in [4.69, 9.17) is 8.83 Å². The van der Waals surface area contributed by atoms with E-state index in [1.54, 1.807) is 0 Å². The molecule has 0 aliphatic carbocycles. The number of hydrogen-bond acceptors (Lipinski definition) is 14. The number of carbonyl (C=O) groups is 4. The normalized spacial score (nSPS) is 25.3. The minimum absolute atomic E-state index is 0.192. The van der Waals surface area contributed by atoms with E-state index in [1.807, 2.05) is 0 Å². The summed E-state index contributed by atoms with van der Waals surface area (Å²) in [5, 5.41) is 23.0. The van der Waals surface area contributed by atoms with Crippen LogP contribution in [0.25, 0.3) is 0 Å². The predicted octanol–water partition coefficient (Wildman–Crippen LogP) is 0.661. The maximum atomic E-state index is 12.1. The lowest BCUT2D eigenvalue weighted by Gasteiger charge is -2.21. The van der Waals surface area contributed by atoms with Gasteiger partial charge in [-0.25, -0.2) is 9.59 Å². The van der Waals surface area contributed by atoms with Crippen LogP contribution in [0.15, 0.2) is 8.83 Å². The Labute approximate surface area is 241 Å². The molecule has 6 heterocycles. The molecular weight excluding hydrogens is 552 g/mol. The molecule has 6 rings (SSSR count). The van der Waals surface area contributed by atoms with E-state index in [9.17, 15) is 19.2 Å². The van der Waals surface area contributed by atoms with Crippen molar-refractivity contribution in [2.45, 2.75) is 75.5 Å².